The Morgan fingerprint density at radius 1 is 1.12 bits per heavy atom. The highest BCUT2D eigenvalue weighted by Crippen LogP contribution is 2.28. The average Bonchev–Trinajstić information content (AvgIpc) is 2.59. The van der Waals surface area contributed by atoms with Crippen LogP contribution in [0.15, 0.2) is 36.4 Å². The Hall–Kier alpha value is -0.610. The minimum atomic E-state index is -0.531. The Morgan fingerprint density at radius 3 is 2.20 bits per heavy atom. The number of carbonyl (C=O) groups excluding carboxylic acids is 1. The van der Waals surface area contributed by atoms with Crippen LogP contribution in [0.4, 0.5) is 0 Å². The fourth-order valence-corrected chi connectivity index (χ4v) is 2.62. The molecule has 0 N–H and O–H groups in total. The molecule has 0 saturated carbocycles. The van der Waals surface area contributed by atoms with Gasteiger partial charge in [0.2, 0.25) is 6.29 Å². The Morgan fingerprint density at radius 2 is 1.68 bits per heavy atom. The predicted octanol–water partition coefficient (Wildman–Crippen LogP) is 5.38. The molecule has 0 radical (unpaired) electrons. The van der Waals surface area contributed by atoms with Crippen molar-refractivity contribution < 1.29 is 19.0 Å². The molecule has 0 fully saturated rings. The average molecular weight is 568 g/mol. The number of methoxy groups -OCH3 is 1. The minimum absolute atomic E-state index is 0.235. The lowest BCUT2D eigenvalue weighted by Crippen LogP contribution is -2.34. The van der Waals surface area contributed by atoms with E-state index < -0.39 is 3.42 Å². The molecule has 0 aliphatic heterocycles. The van der Waals surface area contributed by atoms with E-state index in [9.17, 15) is 4.79 Å². The summed E-state index contributed by atoms with van der Waals surface area (Å²) in [5.41, 5.74) is 0. The Labute approximate surface area is 175 Å². The van der Waals surface area contributed by atoms with Gasteiger partial charge in [0.05, 0.1) is 0 Å². The van der Waals surface area contributed by atoms with E-state index >= 15 is 0 Å². The second-order valence-corrected chi connectivity index (χ2v) is 9.50. The second kappa shape index (κ2) is 8.85. The van der Waals surface area contributed by atoms with Crippen molar-refractivity contribution in [3.63, 3.8) is 0 Å². The summed E-state index contributed by atoms with van der Waals surface area (Å²) in [5, 5.41) is 2.00. The summed E-state index contributed by atoms with van der Waals surface area (Å²) >= 11 is 4.31. The number of benzene rings is 2. The molecule has 0 heterocycles. The first-order chi connectivity index (χ1) is 11.8. The summed E-state index contributed by atoms with van der Waals surface area (Å²) in [7, 11) is 1.64. The molecule has 2 aromatic carbocycles. The summed E-state index contributed by atoms with van der Waals surface area (Å²) in [5.74, 6) is 1.32. The highest BCUT2D eigenvalue weighted by atomic mass is 127. The van der Waals surface area contributed by atoms with Gasteiger partial charge in [0.25, 0.3) is 0 Å². The molecule has 0 aromatic heterocycles. The van der Waals surface area contributed by atoms with Crippen LogP contribution >= 0.6 is 45.2 Å². The number of alkyl halides is 2. The summed E-state index contributed by atoms with van der Waals surface area (Å²) in [4.78, 5) is 12.2. The predicted molar refractivity (Wildman–Crippen MR) is 117 cm³/mol. The van der Waals surface area contributed by atoms with Crippen LogP contribution in [0, 0.1) is 5.92 Å². The van der Waals surface area contributed by atoms with E-state index in [-0.39, 0.29) is 18.2 Å². The molecule has 0 bridgehead atoms. The third kappa shape index (κ3) is 5.43. The Balaban J connectivity index is 2.19. The summed E-state index contributed by atoms with van der Waals surface area (Å²) in [6, 6.07) is 11.4. The quantitative estimate of drug-likeness (QED) is 0.148. The van der Waals surface area contributed by atoms with E-state index in [1.54, 1.807) is 13.2 Å². The lowest BCUT2D eigenvalue weighted by molar-refractivity contribution is -0.135. The number of rotatable bonds is 7. The van der Waals surface area contributed by atoms with Gasteiger partial charge in [0.15, 0.2) is 0 Å². The van der Waals surface area contributed by atoms with Crippen molar-refractivity contribution in [2.24, 2.45) is 5.92 Å². The fraction of sp³-hybridized carbons (Fsp3) is 0.421. The maximum Gasteiger partial charge on any atom is 0.327 e. The lowest BCUT2D eigenvalue weighted by atomic mass is 10.1. The molecule has 25 heavy (non-hydrogen) atoms. The van der Waals surface area contributed by atoms with Crippen LogP contribution < -0.4 is 9.47 Å². The summed E-state index contributed by atoms with van der Waals surface area (Å²) in [6.45, 7) is 5.97. The first kappa shape index (κ1) is 20.7. The highest BCUT2D eigenvalue weighted by Gasteiger charge is 2.30. The second-order valence-electron chi connectivity index (χ2n) is 6.36. The molecular weight excluding hydrogens is 546 g/mol. The molecular formula is C19H22I2O4. The monoisotopic (exact) mass is 568 g/mol. The number of hydrogen-bond acceptors (Lipinski definition) is 4. The van der Waals surface area contributed by atoms with E-state index in [1.807, 2.05) is 51.1 Å². The Kier molecular flexibility index (Phi) is 7.33. The number of fused-ring (bicyclic) bond motifs is 1. The largest absolute Gasteiger partial charge is 0.465 e. The zero-order chi connectivity index (χ0) is 18.6. The van der Waals surface area contributed by atoms with Crippen molar-refractivity contribution in [1.82, 2.24) is 0 Å². The first-order valence-electron chi connectivity index (χ1n) is 7.97. The van der Waals surface area contributed by atoms with Gasteiger partial charge in [-0.25, -0.2) is 0 Å². The van der Waals surface area contributed by atoms with Crippen LogP contribution in [0.5, 0.6) is 11.5 Å². The van der Waals surface area contributed by atoms with E-state index in [0.717, 1.165) is 16.5 Å². The summed E-state index contributed by atoms with van der Waals surface area (Å²) in [6.07, 6.45) is -0.285. The number of hydrogen-bond donors (Lipinski definition) is 0. The topological polar surface area (TPSA) is 44.8 Å². The van der Waals surface area contributed by atoms with E-state index in [1.165, 1.54) is 0 Å². The standard InChI is InChI=1S/C19H22I2O4/c1-12(2)17(23-4)24-15-7-5-14-10-16(8-6-13(14)9-15)25-18(22)19(3,21)11-20/h5-10,12,17H,11H2,1-4H3. The fourth-order valence-electron chi connectivity index (χ4n) is 2.20. The van der Waals surface area contributed by atoms with Crippen LogP contribution in [0.1, 0.15) is 20.8 Å². The molecule has 136 valence electrons. The molecule has 0 aliphatic carbocycles. The van der Waals surface area contributed by atoms with E-state index in [2.05, 4.69) is 45.2 Å². The van der Waals surface area contributed by atoms with Crippen molar-refractivity contribution in [3.8, 4) is 11.5 Å². The van der Waals surface area contributed by atoms with Gasteiger partial charge in [-0.05, 0) is 42.0 Å². The molecule has 0 spiro atoms. The molecule has 4 nitrogen and oxygen atoms in total. The van der Waals surface area contributed by atoms with Crippen LogP contribution in [-0.4, -0.2) is 27.2 Å². The molecule has 0 aliphatic rings. The molecule has 2 unspecified atom stereocenters. The summed E-state index contributed by atoms with van der Waals surface area (Å²) < 4.78 is 16.9. The zero-order valence-electron chi connectivity index (χ0n) is 14.7. The molecule has 2 aromatic rings. The van der Waals surface area contributed by atoms with Gasteiger partial charge >= 0.3 is 5.97 Å². The van der Waals surface area contributed by atoms with Crippen molar-refractivity contribution >= 4 is 61.9 Å². The molecule has 0 amide bonds. The number of carbonyl (C=O) groups is 1. The van der Waals surface area contributed by atoms with E-state index in [0.29, 0.717) is 10.2 Å². The van der Waals surface area contributed by atoms with Crippen LogP contribution in [0.2, 0.25) is 0 Å². The number of ether oxygens (including phenoxy) is 3. The third-order valence-electron chi connectivity index (χ3n) is 3.70. The third-order valence-corrected chi connectivity index (χ3v) is 7.51. The van der Waals surface area contributed by atoms with Gasteiger partial charge in [0, 0.05) is 17.5 Å². The van der Waals surface area contributed by atoms with Gasteiger partial charge in [0.1, 0.15) is 14.9 Å². The molecule has 6 heteroatoms. The van der Waals surface area contributed by atoms with Crippen LogP contribution in [0.25, 0.3) is 10.8 Å². The SMILES string of the molecule is COC(Oc1ccc2cc(OC(=O)C(C)(I)CI)ccc2c1)C(C)C. The number of halogens is 2. The minimum Gasteiger partial charge on any atom is -0.465 e. The van der Waals surface area contributed by atoms with Crippen LogP contribution in [0.3, 0.4) is 0 Å². The van der Waals surface area contributed by atoms with Gasteiger partial charge in [-0.1, -0.05) is 71.2 Å². The zero-order valence-corrected chi connectivity index (χ0v) is 19.0. The lowest BCUT2D eigenvalue weighted by Gasteiger charge is -2.21. The van der Waals surface area contributed by atoms with Gasteiger partial charge < -0.3 is 14.2 Å². The Bertz CT molecular complexity index is 743. The highest BCUT2D eigenvalue weighted by molar-refractivity contribution is 14.1. The maximum absolute atomic E-state index is 12.2. The van der Waals surface area contributed by atoms with Gasteiger partial charge in [-0.2, -0.15) is 0 Å². The number of esters is 1. The van der Waals surface area contributed by atoms with Gasteiger partial charge in [-0.3, -0.25) is 4.79 Å². The maximum atomic E-state index is 12.2. The van der Waals surface area contributed by atoms with E-state index in [4.69, 9.17) is 14.2 Å². The molecule has 2 rings (SSSR count). The van der Waals surface area contributed by atoms with Crippen molar-refractivity contribution in [2.45, 2.75) is 30.5 Å². The van der Waals surface area contributed by atoms with Crippen LogP contribution in [-0.2, 0) is 9.53 Å². The van der Waals surface area contributed by atoms with Crippen molar-refractivity contribution in [3.05, 3.63) is 36.4 Å². The first-order valence-corrected chi connectivity index (χ1v) is 10.6. The molecule has 2 atom stereocenters. The van der Waals surface area contributed by atoms with Crippen molar-refractivity contribution in [2.75, 3.05) is 11.5 Å². The smallest absolute Gasteiger partial charge is 0.327 e. The normalized spacial score (nSPS) is 15.0. The van der Waals surface area contributed by atoms with Crippen molar-refractivity contribution in [1.29, 1.82) is 0 Å². The molecule has 0 saturated heterocycles. The van der Waals surface area contributed by atoms with Gasteiger partial charge in [-0.15, -0.1) is 0 Å².